The molecule has 1 atom stereocenters. The average Bonchev–Trinajstić information content (AvgIpc) is 2.83. The summed E-state index contributed by atoms with van der Waals surface area (Å²) >= 11 is 0. The van der Waals surface area contributed by atoms with E-state index in [4.69, 9.17) is 9.47 Å². The lowest BCUT2D eigenvalue weighted by atomic mass is 10.1. The van der Waals surface area contributed by atoms with Gasteiger partial charge in [-0.25, -0.2) is 9.89 Å². The number of carbonyl (C=O) groups is 2. The maximum absolute atomic E-state index is 13.3. The van der Waals surface area contributed by atoms with Crippen LogP contribution in [0.25, 0.3) is 10.8 Å². The van der Waals surface area contributed by atoms with Crippen molar-refractivity contribution in [3.63, 3.8) is 0 Å². The van der Waals surface area contributed by atoms with Gasteiger partial charge in [0, 0.05) is 10.9 Å². The van der Waals surface area contributed by atoms with E-state index < -0.39 is 23.5 Å². The number of benzene rings is 3. The minimum absolute atomic E-state index is 0.0907. The third-order valence-corrected chi connectivity index (χ3v) is 5.07. The van der Waals surface area contributed by atoms with E-state index in [0.29, 0.717) is 27.8 Å². The molecular formula is C25H21N3O5. The fourth-order valence-corrected chi connectivity index (χ4v) is 3.45. The number of carbonyl (C=O) groups excluding carboxylic acids is 2. The molecule has 0 aliphatic carbocycles. The highest BCUT2D eigenvalue weighted by Crippen LogP contribution is 2.28. The molecule has 0 fully saturated rings. The van der Waals surface area contributed by atoms with Crippen LogP contribution in [-0.2, 0) is 9.53 Å². The highest BCUT2D eigenvalue weighted by Gasteiger charge is 2.28. The van der Waals surface area contributed by atoms with E-state index in [-0.39, 0.29) is 5.69 Å². The van der Waals surface area contributed by atoms with Crippen molar-refractivity contribution in [2.75, 3.05) is 12.4 Å². The van der Waals surface area contributed by atoms with Gasteiger partial charge in [0.05, 0.1) is 18.2 Å². The fraction of sp³-hybridized carbons (Fsp3) is 0.120. The van der Waals surface area contributed by atoms with E-state index in [1.807, 2.05) is 13.0 Å². The average molecular weight is 443 g/mol. The quantitative estimate of drug-likeness (QED) is 0.439. The van der Waals surface area contributed by atoms with E-state index in [0.717, 1.165) is 5.56 Å². The van der Waals surface area contributed by atoms with Crippen molar-refractivity contribution in [3.05, 3.63) is 100.0 Å². The van der Waals surface area contributed by atoms with Gasteiger partial charge < -0.3 is 14.8 Å². The molecule has 0 radical (unpaired) electrons. The number of nitrogens with zero attached hydrogens (tertiary/aromatic N) is 1. The number of anilines is 1. The van der Waals surface area contributed by atoms with Crippen LogP contribution in [0.2, 0.25) is 0 Å². The van der Waals surface area contributed by atoms with Crippen LogP contribution in [0.3, 0.4) is 0 Å². The number of nitrogens with one attached hydrogen (secondary N) is 2. The van der Waals surface area contributed by atoms with Gasteiger partial charge in [-0.15, -0.1) is 0 Å². The largest absolute Gasteiger partial charge is 0.495 e. The Morgan fingerprint density at radius 2 is 1.67 bits per heavy atom. The second kappa shape index (κ2) is 9.35. The van der Waals surface area contributed by atoms with Gasteiger partial charge in [-0.1, -0.05) is 54.6 Å². The topological polar surface area (TPSA) is 110 Å². The van der Waals surface area contributed by atoms with Crippen molar-refractivity contribution in [1.29, 1.82) is 0 Å². The van der Waals surface area contributed by atoms with Crippen LogP contribution in [0.1, 0.15) is 27.7 Å². The molecule has 1 aromatic heterocycles. The molecule has 0 spiro atoms. The van der Waals surface area contributed by atoms with Crippen molar-refractivity contribution in [3.8, 4) is 5.75 Å². The van der Waals surface area contributed by atoms with E-state index in [9.17, 15) is 14.4 Å². The Hall–Kier alpha value is -4.46. The number of methoxy groups -OCH3 is 1. The first-order valence-electron chi connectivity index (χ1n) is 10.2. The van der Waals surface area contributed by atoms with Crippen molar-refractivity contribution < 1.29 is 19.1 Å². The Morgan fingerprint density at radius 1 is 0.970 bits per heavy atom. The zero-order valence-electron chi connectivity index (χ0n) is 18.0. The van der Waals surface area contributed by atoms with E-state index >= 15 is 0 Å². The molecule has 8 heteroatoms. The van der Waals surface area contributed by atoms with Gasteiger partial charge in [-0.05, 0) is 30.7 Å². The summed E-state index contributed by atoms with van der Waals surface area (Å²) in [6, 6.07) is 20.6. The number of hydrogen-bond acceptors (Lipinski definition) is 6. The second-order valence-electron chi connectivity index (χ2n) is 7.34. The SMILES string of the molecule is COc1ccc(C)cc1NC(=O)C(OC(=O)c1n[nH]c(=O)c2ccccc12)c1ccccc1. The summed E-state index contributed by atoms with van der Waals surface area (Å²) < 4.78 is 11.0. The minimum Gasteiger partial charge on any atom is -0.495 e. The number of aromatic nitrogens is 2. The standard InChI is InChI=1S/C25H21N3O5/c1-15-12-13-20(32-2)19(14-15)26-24(30)22(16-8-4-3-5-9-16)33-25(31)21-17-10-6-7-11-18(17)23(29)28-27-21/h3-14,22H,1-2H3,(H,26,30)(H,28,29). The van der Waals surface area contributed by atoms with E-state index in [2.05, 4.69) is 15.5 Å². The first-order valence-corrected chi connectivity index (χ1v) is 10.2. The van der Waals surface area contributed by atoms with Gasteiger partial charge in [0.1, 0.15) is 5.75 Å². The molecule has 0 bridgehead atoms. The number of rotatable bonds is 6. The third-order valence-electron chi connectivity index (χ3n) is 5.07. The van der Waals surface area contributed by atoms with Gasteiger partial charge in [-0.2, -0.15) is 5.10 Å². The van der Waals surface area contributed by atoms with Crippen LogP contribution in [0.5, 0.6) is 5.75 Å². The molecule has 0 saturated carbocycles. The number of aryl methyl sites for hydroxylation is 1. The van der Waals surface area contributed by atoms with Crippen molar-refractivity contribution in [2.45, 2.75) is 13.0 Å². The van der Waals surface area contributed by atoms with Crippen molar-refractivity contribution in [1.82, 2.24) is 10.2 Å². The predicted molar refractivity (Wildman–Crippen MR) is 123 cm³/mol. The van der Waals surface area contributed by atoms with Gasteiger partial charge in [0.15, 0.2) is 5.69 Å². The van der Waals surface area contributed by atoms with Gasteiger partial charge in [0.25, 0.3) is 11.5 Å². The fourth-order valence-electron chi connectivity index (χ4n) is 3.45. The summed E-state index contributed by atoms with van der Waals surface area (Å²) in [6.45, 7) is 1.89. The zero-order valence-corrected chi connectivity index (χ0v) is 18.0. The summed E-state index contributed by atoms with van der Waals surface area (Å²) in [5.74, 6) is -0.935. The number of fused-ring (bicyclic) bond motifs is 1. The normalized spacial score (nSPS) is 11.6. The van der Waals surface area contributed by atoms with Gasteiger partial charge in [-0.3, -0.25) is 9.59 Å². The number of esters is 1. The molecule has 166 valence electrons. The maximum atomic E-state index is 13.3. The van der Waals surface area contributed by atoms with Crippen molar-refractivity contribution in [2.24, 2.45) is 0 Å². The highest BCUT2D eigenvalue weighted by atomic mass is 16.5. The Morgan fingerprint density at radius 3 is 2.39 bits per heavy atom. The van der Waals surface area contributed by atoms with Crippen LogP contribution in [0.4, 0.5) is 5.69 Å². The lowest BCUT2D eigenvalue weighted by molar-refractivity contribution is -0.125. The molecule has 0 saturated heterocycles. The Bertz CT molecular complexity index is 1380. The number of aromatic amines is 1. The van der Waals surface area contributed by atoms with E-state index in [1.165, 1.54) is 7.11 Å². The van der Waals surface area contributed by atoms with Crippen molar-refractivity contribution >= 4 is 28.3 Å². The molecule has 33 heavy (non-hydrogen) atoms. The Kier molecular flexibility index (Phi) is 6.17. The second-order valence-corrected chi connectivity index (χ2v) is 7.34. The first-order chi connectivity index (χ1) is 16.0. The van der Waals surface area contributed by atoms with Gasteiger partial charge in [0.2, 0.25) is 6.10 Å². The van der Waals surface area contributed by atoms with Crippen LogP contribution >= 0.6 is 0 Å². The molecule has 4 aromatic rings. The molecule has 3 aromatic carbocycles. The highest BCUT2D eigenvalue weighted by molar-refractivity contribution is 6.04. The lowest BCUT2D eigenvalue weighted by Gasteiger charge is -2.19. The summed E-state index contributed by atoms with van der Waals surface area (Å²) in [5, 5.41) is 9.59. The summed E-state index contributed by atoms with van der Waals surface area (Å²) in [6.07, 6.45) is -1.27. The molecule has 1 unspecified atom stereocenters. The van der Waals surface area contributed by atoms with Crippen LogP contribution < -0.4 is 15.6 Å². The zero-order chi connectivity index (χ0) is 23.4. The summed E-state index contributed by atoms with van der Waals surface area (Å²) in [7, 11) is 1.50. The Labute approximate surface area is 189 Å². The number of hydrogen-bond donors (Lipinski definition) is 2. The molecule has 4 rings (SSSR count). The van der Waals surface area contributed by atoms with Crippen LogP contribution in [0.15, 0.2) is 77.6 Å². The number of H-pyrrole nitrogens is 1. The van der Waals surface area contributed by atoms with Gasteiger partial charge >= 0.3 is 5.97 Å². The third kappa shape index (κ3) is 4.59. The molecule has 0 aliphatic heterocycles. The predicted octanol–water partition coefficient (Wildman–Crippen LogP) is 3.78. The summed E-state index contributed by atoms with van der Waals surface area (Å²) in [5.41, 5.74) is 1.33. The molecule has 8 nitrogen and oxygen atoms in total. The smallest absolute Gasteiger partial charge is 0.360 e. The monoisotopic (exact) mass is 443 g/mol. The molecule has 2 N–H and O–H groups in total. The molecular weight excluding hydrogens is 422 g/mol. The summed E-state index contributed by atoms with van der Waals surface area (Å²) in [4.78, 5) is 38.4. The minimum atomic E-state index is -1.27. The first kappa shape index (κ1) is 21.8. The number of amides is 1. The van der Waals surface area contributed by atoms with E-state index in [1.54, 1.807) is 66.7 Å². The lowest BCUT2D eigenvalue weighted by Crippen LogP contribution is -2.27. The molecule has 0 aliphatic rings. The Balaban J connectivity index is 1.69. The molecule has 1 amide bonds. The maximum Gasteiger partial charge on any atom is 0.360 e. The number of ether oxygens (including phenoxy) is 2. The van der Waals surface area contributed by atoms with Crippen LogP contribution in [0, 0.1) is 6.92 Å². The van der Waals surface area contributed by atoms with Crippen LogP contribution in [-0.4, -0.2) is 29.2 Å². The molecule has 1 heterocycles.